The van der Waals surface area contributed by atoms with Crippen LogP contribution in [0.1, 0.15) is 28.8 Å². The van der Waals surface area contributed by atoms with Gasteiger partial charge in [-0.25, -0.2) is 14.2 Å². The van der Waals surface area contributed by atoms with E-state index < -0.39 is 11.7 Å². The molecule has 5 rings (SSSR count). The van der Waals surface area contributed by atoms with E-state index in [1.807, 2.05) is 0 Å². The molecule has 2 aliphatic heterocycles. The summed E-state index contributed by atoms with van der Waals surface area (Å²) >= 11 is 5.90. The number of ether oxygens (including phenoxy) is 2. The molecule has 0 aliphatic carbocycles. The summed E-state index contributed by atoms with van der Waals surface area (Å²) in [6.45, 7) is 1.07. The summed E-state index contributed by atoms with van der Waals surface area (Å²) in [4.78, 5) is 33.3. The number of H-pyrrole nitrogens is 1. The Morgan fingerprint density at radius 3 is 2.91 bits per heavy atom. The molecular weight excluding hydrogens is 463 g/mol. The van der Waals surface area contributed by atoms with Gasteiger partial charge in [-0.05, 0) is 29.8 Å². The van der Waals surface area contributed by atoms with E-state index in [4.69, 9.17) is 21.1 Å². The number of fused-ring (bicyclic) bond motifs is 1. The van der Waals surface area contributed by atoms with Crippen molar-refractivity contribution in [2.45, 2.75) is 31.5 Å². The van der Waals surface area contributed by atoms with E-state index >= 15 is 4.39 Å². The molecule has 1 aromatic heterocycles. The lowest BCUT2D eigenvalue weighted by Crippen LogP contribution is -2.44. The van der Waals surface area contributed by atoms with Gasteiger partial charge in [-0.15, -0.1) is 0 Å². The van der Waals surface area contributed by atoms with Gasteiger partial charge in [0.2, 0.25) is 0 Å². The van der Waals surface area contributed by atoms with Crippen molar-refractivity contribution < 1.29 is 23.5 Å². The first kappa shape index (κ1) is 22.2. The number of halogens is 2. The first-order chi connectivity index (χ1) is 16.5. The number of amides is 2. The minimum Gasteiger partial charge on any atom is -0.490 e. The molecule has 176 valence electrons. The van der Waals surface area contributed by atoms with Crippen LogP contribution in [0.3, 0.4) is 0 Å². The Hall–Kier alpha value is -3.59. The topological polar surface area (TPSA) is 96.6 Å². The number of carbonyl (C=O) groups is 2. The number of carbonyl (C=O) groups excluding carboxylic acids is 2. The highest BCUT2D eigenvalue weighted by atomic mass is 35.5. The number of aromatic amines is 1. The number of cyclic esters (lactones) is 1. The third kappa shape index (κ3) is 4.56. The molecule has 2 aromatic carbocycles. The number of aromatic nitrogens is 2. The summed E-state index contributed by atoms with van der Waals surface area (Å²) in [5.74, 6) is -0.862. The summed E-state index contributed by atoms with van der Waals surface area (Å²) in [7, 11) is 0. The van der Waals surface area contributed by atoms with Gasteiger partial charge in [0.05, 0.1) is 29.8 Å². The molecule has 3 aromatic rings. The minimum absolute atomic E-state index is 0.0514. The van der Waals surface area contributed by atoms with Crippen molar-refractivity contribution in [3.05, 3.63) is 70.9 Å². The van der Waals surface area contributed by atoms with Crippen LogP contribution in [0.5, 0.6) is 5.75 Å². The number of piperidine rings is 1. The van der Waals surface area contributed by atoms with Crippen molar-refractivity contribution in [3.63, 3.8) is 0 Å². The molecule has 0 saturated carbocycles. The van der Waals surface area contributed by atoms with Crippen molar-refractivity contribution in [3.8, 4) is 17.0 Å². The fraction of sp³-hybridized carbons (Fsp3) is 0.292. The second kappa shape index (κ2) is 9.34. The van der Waals surface area contributed by atoms with Gasteiger partial charge in [-0.1, -0.05) is 23.7 Å². The SMILES string of the molecule is O=C(NCc1ccc(Cl)cc1)c1cc(O[C@H]2CCN3C(=O)OC[C@@H]3C2)c(-c2cnc[nH]2)cc1F. The van der Waals surface area contributed by atoms with E-state index in [1.165, 1.54) is 18.5 Å². The van der Waals surface area contributed by atoms with Gasteiger partial charge in [0.15, 0.2) is 0 Å². The molecule has 10 heteroatoms. The Labute approximate surface area is 200 Å². The van der Waals surface area contributed by atoms with Crippen molar-refractivity contribution in [1.82, 2.24) is 20.2 Å². The van der Waals surface area contributed by atoms with Crippen LogP contribution in [-0.2, 0) is 11.3 Å². The van der Waals surface area contributed by atoms with Crippen LogP contribution in [0.15, 0.2) is 48.9 Å². The van der Waals surface area contributed by atoms with Gasteiger partial charge in [-0.3, -0.25) is 4.79 Å². The normalized spacial score (nSPS) is 19.5. The molecule has 8 nitrogen and oxygen atoms in total. The second-order valence-corrected chi connectivity index (χ2v) is 8.73. The maximum atomic E-state index is 15.0. The third-order valence-corrected chi connectivity index (χ3v) is 6.32. The van der Waals surface area contributed by atoms with Gasteiger partial charge in [0.1, 0.15) is 24.3 Å². The number of hydrogen-bond acceptors (Lipinski definition) is 5. The van der Waals surface area contributed by atoms with E-state index in [0.717, 1.165) is 5.56 Å². The van der Waals surface area contributed by atoms with Gasteiger partial charge in [0, 0.05) is 36.5 Å². The maximum absolute atomic E-state index is 15.0. The summed E-state index contributed by atoms with van der Waals surface area (Å²) in [5, 5.41) is 3.33. The van der Waals surface area contributed by atoms with Crippen LogP contribution < -0.4 is 10.1 Å². The van der Waals surface area contributed by atoms with E-state index in [2.05, 4.69) is 15.3 Å². The second-order valence-electron chi connectivity index (χ2n) is 8.29. The number of benzene rings is 2. The van der Waals surface area contributed by atoms with E-state index in [1.54, 1.807) is 35.4 Å². The van der Waals surface area contributed by atoms with Crippen LogP contribution in [0.25, 0.3) is 11.3 Å². The third-order valence-electron chi connectivity index (χ3n) is 6.06. The predicted molar refractivity (Wildman–Crippen MR) is 122 cm³/mol. The molecule has 0 radical (unpaired) electrons. The van der Waals surface area contributed by atoms with Gasteiger partial charge in [-0.2, -0.15) is 0 Å². The first-order valence-electron chi connectivity index (χ1n) is 10.9. The standard InChI is InChI=1S/C24H22ClFN4O4/c25-15-3-1-14(2-4-15)10-28-23(31)18-9-22(19(8-20(18)26)21-11-27-13-29-21)34-17-5-6-30-16(7-17)12-33-24(30)32/h1-4,8-9,11,13,16-17H,5-7,10,12H2,(H,27,29)(H,28,31)/t16-,17-/m0/s1. The average molecular weight is 485 g/mol. The molecule has 2 N–H and O–H groups in total. The van der Waals surface area contributed by atoms with Gasteiger partial charge in [0.25, 0.3) is 5.91 Å². The number of nitrogens with one attached hydrogen (secondary N) is 2. The van der Waals surface area contributed by atoms with Crippen molar-refractivity contribution >= 4 is 23.6 Å². The maximum Gasteiger partial charge on any atom is 0.410 e. The highest BCUT2D eigenvalue weighted by molar-refractivity contribution is 6.30. The molecule has 2 atom stereocenters. The number of nitrogens with zero attached hydrogens (tertiary/aromatic N) is 2. The summed E-state index contributed by atoms with van der Waals surface area (Å²) in [6, 6.07) is 9.68. The Balaban J connectivity index is 1.37. The van der Waals surface area contributed by atoms with Crippen LogP contribution in [-0.4, -0.2) is 52.2 Å². The first-order valence-corrected chi connectivity index (χ1v) is 11.3. The number of rotatable bonds is 6. The largest absolute Gasteiger partial charge is 0.490 e. The summed E-state index contributed by atoms with van der Waals surface area (Å²) < 4.78 is 26.4. The molecule has 2 fully saturated rings. The molecule has 2 saturated heterocycles. The fourth-order valence-corrected chi connectivity index (χ4v) is 4.39. The fourth-order valence-electron chi connectivity index (χ4n) is 4.27. The molecular formula is C24H22ClFN4O4. The lowest BCUT2D eigenvalue weighted by atomic mass is 10.0. The zero-order valence-electron chi connectivity index (χ0n) is 18.1. The zero-order valence-corrected chi connectivity index (χ0v) is 18.8. The molecule has 0 spiro atoms. The highest BCUT2D eigenvalue weighted by Crippen LogP contribution is 2.35. The monoisotopic (exact) mass is 484 g/mol. The van der Waals surface area contributed by atoms with Crippen molar-refractivity contribution in [1.29, 1.82) is 0 Å². The van der Waals surface area contributed by atoms with Gasteiger partial charge < -0.3 is 24.7 Å². The van der Waals surface area contributed by atoms with Crippen LogP contribution in [0.2, 0.25) is 5.02 Å². The highest BCUT2D eigenvalue weighted by Gasteiger charge is 2.39. The smallest absolute Gasteiger partial charge is 0.410 e. The molecule has 0 bridgehead atoms. The lowest BCUT2D eigenvalue weighted by Gasteiger charge is -2.33. The Morgan fingerprint density at radius 1 is 1.32 bits per heavy atom. The molecule has 34 heavy (non-hydrogen) atoms. The molecule has 2 aliphatic rings. The van der Waals surface area contributed by atoms with Crippen molar-refractivity contribution in [2.75, 3.05) is 13.2 Å². The summed E-state index contributed by atoms with van der Waals surface area (Å²) in [6.07, 6.45) is 3.72. The Kier molecular flexibility index (Phi) is 6.10. The van der Waals surface area contributed by atoms with Crippen LogP contribution in [0.4, 0.5) is 9.18 Å². The number of hydrogen-bond donors (Lipinski definition) is 2. The predicted octanol–water partition coefficient (Wildman–Crippen LogP) is 4.16. The Bertz CT molecular complexity index is 1200. The average Bonchev–Trinajstić information content (AvgIpc) is 3.50. The van der Waals surface area contributed by atoms with Crippen LogP contribution >= 0.6 is 11.6 Å². The van der Waals surface area contributed by atoms with E-state index in [9.17, 15) is 9.59 Å². The van der Waals surface area contributed by atoms with E-state index in [-0.39, 0.29) is 30.3 Å². The lowest BCUT2D eigenvalue weighted by molar-refractivity contribution is 0.0915. The van der Waals surface area contributed by atoms with Gasteiger partial charge >= 0.3 is 6.09 Å². The summed E-state index contributed by atoms with van der Waals surface area (Å²) in [5.41, 5.74) is 1.75. The van der Waals surface area contributed by atoms with Crippen LogP contribution in [0, 0.1) is 5.82 Å². The Morgan fingerprint density at radius 2 is 2.15 bits per heavy atom. The van der Waals surface area contributed by atoms with Crippen molar-refractivity contribution in [2.24, 2.45) is 0 Å². The van der Waals surface area contributed by atoms with E-state index in [0.29, 0.717) is 48.0 Å². The number of imidazole rings is 1. The molecule has 2 amide bonds. The minimum atomic E-state index is -0.671. The molecule has 0 unspecified atom stereocenters. The zero-order chi connectivity index (χ0) is 23.7. The quantitative estimate of drug-likeness (QED) is 0.547. The molecule has 3 heterocycles.